The summed E-state index contributed by atoms with van der Waals surface area (Å²) in [6.07, 6.45) is 10.1. The summed E-state index contributed by atoms with van der Waals surface area (Å²) in [5.41, 5.74) is 3.44. The standard InChI is InChI=1S/C19H23N3O2S/c1-24-17-7-2-4-11(18(17)23)10-20-22-19(25)21-16-9-12-8-15(16)14-6-3-5-13(12)14/h2-4,6-7,10,12-16,23H,5,8-9H2,1H3,(H2,21,22,25)/b20-10-/t12-,13-,14-,15+,16-/m1/s1. The predicted octanol–water partition coefficient (Wildman–Crippen LogP) is 2.80. The molecule has 0 amide bonds. The van der Waals surface area contributed by atoms with E-state index in [1.54, 1.807) is 24.4 Å². The van der Waals surface area contributed by atoms with Crippen LogP contribution in [0.5, 0.6) is 11.5 Å². The smallest absolute Gasteiger partial charge is 0.187 e. The van der Waals surface area contributed by atoms with Crippen LogP contribution in [-0.4, -0.2) is 29.6 Å². The molecule has 0 unspecified atom stereocenters. The summed E-state index contributed by atoms with van der Waals surface area (Å²) in [6, 6.07) is 5.71. The van der Waals surface area contributed by atoms with E-state index in [1.807, 2.05) is 0 Å². The van der Waals surface area contributed by atoms with Gasteiger partial charge in [0.2, 0.25) is 0 Å². The lowest BCUT2D eigenvalue weighted by molar-refractivity contribution is 0.246. The summed E-state index contributed by atoms with van der Waals surface area (Å²) >= 11 is 5.38. The van der Waals surface area contributed by atoms with Crippen molar-refractivity contribution in [1.29, 1.82) is 0 Å². The molecule has 3 aliphatic carbocycles. The molecule has 3 aliphatic rings. The number of nitrogens with zero attached hydrogens (tertiary/aromatic N) is 1. The van der Waals surface area contributed by atoms with Crippen molar-refractivity contribution >= 4 is 23.5 Å². The lowest BCUT2D eigenvalue weighted by Crippen LogP contribution is -2.45. The lowest BCUT2D eigenvalue weighted by atomic mass is 9.79. The highest BCUT2D eigenvalue weighted by Gasteiger charge is 2.52. The molecule has 0 spiro atoms. The Morgan fingerprint density at radius 3 is 3.08 bits per heavy atom. The van der Waals surface area contributed by atoms with E-state index >= 15 is 0 Å². The largest absolute Gasteiger partial charge is 0.504 e. The number of phenols is 1. The topological polar surface area (TPSA) is 65.9 Å². The number of nitrogens with one attached hydrogen (secondary N) is 2. The number of phenolic OH excluding ortho intramolecular Hbond substituents is 1. The maximum absolute atomic E-state index is 10.0. The van der Waals surface area contributed by atoms with Crippen LogP contribution in [0.2, 0.25) is 0 Å². The Kier molecular flexibility index (Phi) is 4.37. The Morgan fingerprint density at radius 2 is 2.24 bits per heavy atom. The van der Waals surface area contributed by atoms with Crippen molar-refractivity contribution in [3.8, 4) is 11.5 Å². The molecule has 5 nitrogen and oxygen atoms in total. The van der Waals surface area contributed by atoms with Crippen molar-refractivity contribution in [2.24, 2.45) is 28.8 Å². The van der Waals surface area contributed by atoms with Gasteiger partial charge in [-0.15, -0.1) is 0 Å². The lowest BCUT2D eigenvalue weighted by Gasteiger charge is -2.32. The van der Waals surface area contributed by atoms with Crippen molar-refractivity contribution in [3.05, 3.63) is 35.9 Å². The fraction of sp³-hybridized carbons (Fsp3) is 0.474. The first-order valence-electron chi connectivity index (χ1n) is 8.79. The van der Waals surface area contributed by atoms with Crippen molar-refractivity contribution in [1.82, 2.24) is 10.7 Å². The second kappa shape index (κ2) is 6.67. The molecule has 0 heterocycles. The van der Waals surface area contributed by atoms with Gasteiger partial charge < -0.3 is 15.2 Å². The first-order chi connectivity index (χ1) is 12.2. The molecule has 1 aromatic carbocycles. The summed E-state index contributed by atoms with van der Waals surface area (Å²) < 4.78 is 5.09. The van der Waals surface area contributed by atoms with Gasteiger partial charge in [-0.05, 0) is 67.3 Å². The fourth-order valence-corrected chi connectivity index (χ4v) is 5.08. The zero-order valence-electron chi connectivity index (χ0n) is 14.2. The predicted molar refractivity (Wildman–Crippen MR) is 102 cm³/mol. The maximum atomic E-state index is 10.0. The Labute approximate surface area is 153 Å². The minimum atomic E-state index is 0.0709. The number of thiocarbonyl (C=S) groups is 1. The van der Waals surface area contributed by atoms with E-state index in [9.17, 15) is 5.11 Å². The van der Waals surface area contributed by atoms with Crippen LogP contribution in [0.3, 0.4) is 0 Å². The van der Waals surface area contributed by atoms with E-state index in [1.165, 1.54) is 26.4 Å². The molecule has 2 bridgehead atoms. The molecular formula is C19H23N3O2S. The monoisotopic (exact) mass is 357 g/mol. The molecule has 0 radical (unpaired) electrons. The van der Waals surface area contributed by atoms with E-state index in [0.29, 0.717) is 28.4 Å². The molecule has 5 atom stereocenters. The summed E-state index contributed by atoms with van der Waals surface area (Å²) in [5, 5.41) is 18.2. The summed E-state index contributed by atoms with van der Waals surface area (Å²) in [5.74, 6) is 3.63. The molecule has 2 saturated carbocycles. The van der Waals surface area contributed by atoms with E-state index in [4.69, 9.17) is 17.0 Å². The molecule has 6 heteroatoms. The van der Waals surface area contributed by atoms with E-state index in [0.717, 1.165) is 17.8 Å². The molecule has 2 fully saturated rings. The normalized spacial score (nSPS) is 32.1. The van der Waals surface area contributed by atoms with Gasteiger partial charge in [0.25, 0.3) is 0 Å². The Balaban J connectivity index is 1.32. The number of hydrogen-bond donors (Lipinski definition) is 3. The minimum absolute atomic E-state index is 0.0709. The number of rotatable bonds is 4. The van der Waals surface area contributed by atoms with Crippen LogP contribution in [0.4, 0.5) is 0 Å². The molecule has 3 N–H and O–H groups in total. The van der Waals surface area contributed by atoms with Crippen molar-refractivity contribution in [2.75, 3.05) is 7.11 Å². The van der Waals surface area contributed by atoms with Crippen LogP contribution < -0.4 is 15.5 Å². The number of para-hydroxylation sites is 1. The number of hydrogen-bond acceptors (Lipinski definition) is 4. The zero-order valence-corrected chi connectivity index (χ0v) is 15.0. The highest BCUT2D eigenvalue weighted by Crippen LogP contribution is 2.56. The summed E-state index contributed by atoms with van der Waals surface area (Å²) in [4.78, 5) is 0. The Hall–Kier alpha value is -2.08. The van der Waals surface area contributed by atoms with Crippen LogP contribution in [0.25, 0.3) is 0 Å². The van der Waals surface area contributed by atoms with E-state index < -0.39 is 0 Å². The molecule has 25 heavy (non-hydrogen) atoms. The average molecular weight is 357 g/mol. The number of fused-ring (bicyclic) bond motifs is 5. The van der Waals surface area contributed by atoms with Gasteiger partial charge in [-0.1, -0.05) is 18.2 Å². The number of aromatic hydroxyl groups is 1. The first kappa shape index (κ1) is 16.4. The van der Waals surface area contributed by atoms with Gasteiger partial charge >= 0.3 is 0 Å². The quantitative estimate of drug-likeness (QED) is 0.335. The van der Waals surface area contributed by atoms with Gasteiger partial charge in [-0.25, -0.2) is 0 Å². The first-order valence-corrected chi connectivity index (χ1v) is 9.20. The van der Waals surface area contributed by atoms with Crippen molar-refractivity contribution in [2.45, 2.75) is 25.3 Å². The third kappa shape index (κ3) is 2.99. The SMILES string of the molecule is COc1cccc(/C=N\NC(=S)N[C@@H]2C[C@H]3C[C@H]2[C@@H]2C=CC[C@H]32)c1O. The third-order valence-electron chi connectivity index (χ3n) is 5.95. The number of hydrazone groups is 1. The third-order valence-corrected chi connectivity index (χ3v) is 6.15. The van der Waals surface area contributed by atoms with Crippen molar-refractivity contribution in [3.63, 3.8) is 0 Å². The van der Waals surface area contributed by atoms with Crippen molar-refractivity contribution < 1.29 is 9.84 Å². The van der Waals surface area contributed by atoms with Gasteiger partial charge in [-0.2, -0.15) is 5.10 Å². The number of methoxy groups -OCH3 is 1. The number of allylic oxidation sites excluding steroid dienone is 2. The molecule has 132 valence electrons. The second-order valence-electron chi connectivity index (χ2n) is 7.15. The Bertz CT molecular complexity index is 733. The van der Waals surface area contributed by atoms with Crippen LogP contribution in [-0.2, 0) is 0 Å². The minimum Gasteiger partial charge on any atom is -0.504 e. The van der Waals surface area contributed by atoms with Crippen LogP contribution in [0.15, 0.2) is 35.5 Å². The maximum Gasteiger partial charge on any atom is 0.187 e. The van der Waals surface area contributed by atoms with E-state index in [2.05, 4.69) is 28.0 Å². The molecule has 0 aromatic heterocycles. The number of ether oxygens (including phenoxy) is 1. The highest BCUT2D eigenvalue weighted by molar-refractivity contribution is 7.80. The van der Waals surface area contributed by atoms with Gasteiger partial charge in [-0.3, -0.25) is 5.43 Å². The highest BCUT2D eigenvalue weighted by atomic mass is 32.1. The molecule has 0 saturated heterocycles. The molecule has 1 aromatic rings. The molecule has 4 rings (SSSR count). The zero-order chi connectivity index (χ0) is 17.4. The van der Waals surface area contributed by atoms with Crippen LogP contribution >= 0.6 is 12.2 Å². The fourth-order valence-electron chi connectivity index (χ4n) is 4.88. The number of benzene rings is 1. The summed E-state index contributed by atoms with van der Waals surface area (Å²) in [7, 11) is 1.52. The van der Waals surface area contributed by atoms with E-state index in [-0.39, 0.29) is 5.75 Å². The Morgan fingerprint density at radius 1 is 1.36 bits per heavy atom. The van der Waals surface area contributed by atoms with Gasteiger partial charge in [0.05, 0.1) is 13.3 Å². The van der Waals surface area contributed by atoms with Gasteiger partial charge in [0, 0.05) is 11.6 Å². The van der Waals surface area contributed by atoms with Crippen LogP contribution in [0, 0.1) is 23.7 Å². The van der Waals surface area contributed by atoms with Gasteiger partial charge in [0.15, 0.2) is 16.6 Å². The molecular weight excluding hydrogens is 334 g/mol. The average Bonchev–Trinajstić information content (AvgIpc) is 3.29. The van der Waals surface area contributed by atoms with Gasteiger partial charge in [0.1, 0.15) is 0 Å². The molecule has 0 aliphatic heterocycles. The van der Waals surface area contributed by atoms with Crippen LogP contribution in [0.1, 0.15) is 24.8 Å². The second-order valence-corrected chi connectivity index (χ2v) is 7.56. The summed E-state index contributed by atoms with van der Waals surface area (Å²) in [6.45, 7) is 0.